The molecule has 1 rings (SSSR count). The molecule has 0 amide bonds. The van der Waals surface area contributed by atoms with Crippen molar-refractivity contribution < 1.29 is 14.7 Å². The normalized spacial score (nSPS) is 11.5. The Hall–Kier alpha value is -0.680. The number of aliphatic carboxylic acids is 1. The Balaban J connectivity index is 2.84. The first-order chi connectivity index (χ1) is 7.24. The van der Waals surface area contributed by atoms with Gasteiger partial charge in [-0.15, -0.1) is 11.3 Å². The second-order valence-electron chi connectivity index (χ2n) is 4.30. The molecule has 0 saturated carbocycles. The van der Waals surface area contributed by atoms with Gasteiger partial charge in [-0.3, -0.25) is 9.59 Å². The number of aryl methyl sites for hydroxylation is 1. The van der Waals surface area contributed by atoms with Crippen LogP contribution in [-0.4, -0.2) is 16.9 Å². The average Bonchev–Trinajstić information content (AvgIpc) is 2.46. The van der Waals surface area contributed by atoms with Gasteiger partial charge in [0.1, 0.15) is 0 Å². The lowest BCUT2D eigenvalue weighted by molar-refractivity contribution is -0.146. The van der Waals surface area contributed by atoms with Gasteiger partial charge in [0.15, 0.2) is 5.78 Å². The minimum Gasteiger partial charge on any atom is -0.481 e. The highest BCUT2D eigenvalue weighted by molar-refractivity contribution is 9.10. The maximum absolute atomic E-state index is 11.9. The number of carbonyl (C=O) groups is 2. The van der Waals surface area contributed by atoms with Gasteiger partial charge in [0.25, 0.3) is 0 Å². The van der Waals surface area contributed by atoms with Crippen LogP contribution in [0.2, 0.25) is 0 Å². The standard InChI is InChI=1S/C11H13BrO3S/c1-6-7(12)4-9(16-6)8(13)5-11(2,3)10(14)15/h4H,5H2,1-3H3,(H,14,15). The third kappa shape index (κ3) is 2.92. The molecule has 0 aliphatic carbocycles. The number of halogens is 1. The summed E-state index contributed by atoms with van der Waals surface area (Å²) in [4.78, 5) is 24.4. The number of hydrogen-bond donors (Lipinski definition) is 1. The van der Waals surface area contributed by atoms with E-state index in [0.717, 1.165) is 9.35 Å². The maximum Gasteiger partial charge on any atom is 0.309 e. The Labute approximate surface area is 107 Å². The number of carboxylic acid groups (broad SMARTS) is 1. The van der Waals surface area contributed by atoms with Crippen LogP contribution in [0.3, 0.4) is 0 Å². The zero-order valence-corrected chi connectivity index (χ0v) is 11.7. The SMILES string of the molecule is Cc1sc(C(=O)CC(C)(C)C(=O)O)cc1Br. The van der Waals surface area contributed by atoms with E-state index in [9.17, 15) is 9.59 Å². The summed E-state index contributed by atoms with van der Waals surface area (Å²) in [5.41, 5.74) is -1.01. The monoisotopic (exact) mass is 304 g/mol. The van der Waals surface area contributed by atoms with E-state index < -0.39 is 11.4 Å². The van der Waals surface area contributed by atoms with Crippen molar-refractivity contribution in [3.8, 4) is 0 Å². The molecule has 0 bridgehead atoms. The molecule has 0 radical (unpaired) electrons. The van der Waals surface area contributed by atoms with Crippen LogP contribution < -0.4 is 0 Å². The summed E-state index contributed by atoms with van der Waals surface area (Å²) in [6, 6.07) is 1.75. The second kappa shape index (κ2) is 4.67. The van der Waals surface area contributed by atoms with E-state index in [-0.39, 0.29) is 12.2 Å². The Morgan fingerprint density at radius 3 is 2.44 bits per heavy atom. The summed E-state index contributed by atoms with van der Waals surface area (Å²) in [6.45, 7) is 5.03. The fourth-order valence-electron chi connectivity index (χ4n) is 1.16. The highest BCUT2D eigenvalue weighted by atomic mass is 79.9. The summed E-state index contributed by atoms with van der Waals surface area (Å²) >= 11 is 4.72. The molecule has 0 saturated heterocycles. The van der Waals surface area contributed by atoms with Gasteiger partial charge >= 0.3 is 5.97 Å². The molecule has 5 heteroatoms. The van der Waals surface area contributed by atoms with Crippen molar-refractivity contribution >= 4 is 39.0 Å². The van der Waals surface area contributed by atoms with Gasteiger partial charge in [0, 0.05) is 15.8 Å². The molecular weight excluding hydrogens is 292 g/mol. The van der Waals surface area contributed by atoms with Crippen molar-refractivity contribution in [2.45, 2.75) is 27.2 Å². The predicted octanol–water partition coefficient (Wildman–Crippen LogP) is 3.50. The molecule has 16 heavy (non-hydrogen) atoms. The number of Topliss-reactive ketones (excluding diaryl/α,β-unsaturated/α-hetero) is 1. The van der Waals surface area contributed by atoms with Crippen LogP contribution in [0, 0.1) is 12.3 Å². The topological polar surface area (TPSA) is 54.4 Å². The number of hydrogen-bond acceptors (Lipinski definition) is 3. The molecular formula is C11H13BrO3S. The fraction of sp³-hybridized carbons (Fsp3) is 0.455. The second-order valence-corrected chi connectivity index (χ2v) is 6.41. The highest BCUT2D eigenvalue weighted by Crippen LogP contribution is 2.30. The van der Waals surface area contributed by atoms with Crippen LogP contribution >= 0.6 is 27.3 Å². The van der Waals surface area contributed by atoms with E-state index in [0.29, 0.717) is 4.88 Å². The third-order valence-electron chi connectivity index (χ3n) is 2.31. The smallest absolute Gasteiger partial charge is 0.309 e. The van der Waals surface area contributed by atoms with Gasteiger partial charge in [-0.05, 0) is 42.8 Å². The average molecular weight is 305 g/mol. The summed E-state index contributed by atoms with van der Waals surface area (Å²) in [7, 11) is 0. The first-order valence-corrected chi connectivity index (χ1v) is 6.37. The highest BCUT2D eigenvalue weighted by Gasteiger charge is 2.31. The van der Waals surface area contributed by atoms with Gasteiger partial charge in [0.05, 0.1) is 10.3 Å². The molecule has 88 valence electrons. The van der Waals surface area contributed by atoms with E-state index in [2.05, 4.69) is 15.9 Å². The zero-order valence-electron chi connectivity index (χ0n) is 9.33. The molecule has 0 aliphatic heterocycles. The predicted molar refractivity (Wildman–Crippen MR) is 67.1 cm³/mol. The van der Waals surface area contributed by atoms with Crippen molar-refractivity contribution in [3.05, 3.63) is 20.3 Å². The zero-order chi connectivity index (χ0) is 12.5. The molecule has 0 atom stereocenters. The molecule has 1 N–H and O–H groups in total. The summed E-state index contributed by atoms with van der Waals surface area (Å²) in [5.74, 6) is -1.07. The number of thiophene rings is 1. The lowest BCUT2D eigenvalue weighted by atomic mass is 9.87. The Kier molecular flexibility index (Phi) is 3.91. The summed E-state index contributed by atoms with van der Waals surface area (Å²) in [6.07, 6.45) is 0.0225. The number of rotatable bonds is 4. The quantitative estimate of drug-likeness (QED) is 0.866. The first kappa shape index (κ1) is 13.4. The molecule has 1 heterocycles. The molecule has 1 aromatic rings. The molecule has 1 aromatic heterocycles. The van der Waals surface area contributed by atoms with E-state index in [1.807, 2.05) is 6.92 Å². The molecule has 0 spiro atoms. The van der Waals surface area contributed by atoms with Gasteiger partial charge in [-0.25, -0.2) is 0 Å². The van der Waals surface area contributed by atoms with Crippen molar-refractivity contribution in [2.24, 2.45) is 5.41 Å². The number of carboxylic acids is 1. The van der Waals surface area contributed by atoms with E-state index in [4.69, 9.17) is 5.11 Å². The van der Waals surface area contributed by atoms with E-state index in [1.54, 1.807) is 19.9 Å². The number of carbonyl (C=O) groups excluding carboxylic acids is 1. The van der Waals surface area contributed by atoms with Crippen LogP contribution in [0.1, 0.15) is 34.8 Å². The van der Waals surface area contributed by atoms with Crippen LogP contribution in [0.4, 0.5) is 0 Å². The van der Waals surface area contributed by atoms with Crippen molar-refractivity contribution in [2.75, 3.05) is 0 Å². The largest absolute Gasteiger partial charge is 0.481 e. The van der Waals surface area contributed by atoms with Crippen molar-refractivity contribution in [3.63, 3.8) is 0 Å². The van der Waals surface area contributed by atoms with E-state index in [1.165, 1.54) is 11.3 Å². The molecule has 0 unspecified atom stereocenters. The molecule has 0 fully saturated rings. The van der Waals surface area contributed by atoms with Gasteiger partial charge in [-0.1, -0.05) is 0 Å². The first-order valence-electron chi connectivity index (χ1n) is 4.76. The minimum absolute atomic E-state index is 0.0225. The van der Waals surface area contributed by atoms with Crippen LogP contribution in [0.15, 0.2) is 10.5 Å². The van der Waals surface area contributed by atoms with Crippen LogP contribution in [0.25, 0.3) is 0 Å². The Morgan fingerprint density at radius 1 is 1.50 bits per heavy atom. The maximum atomic E-state index is 11.9. The van der Waals surface area contributed by atoms with Crippen LogP contribution in [0.5, 0.6) is 0 Å². The summed E-state index contributed by atoms with van der Waals surface area (Å²) < 4.78 is 0.897. The van der Waals surface area contributed by atoms with Gasteiger partial charge in [-0.2, -0.15) is 0 Å². The fourth-order valence-corrected chi connectivity index (χ4v) is 2.63. The molecule has 3 nitrogen and oxygen atoms in total. The molecule has 0 aromatic carbocycles. The molecule has 0 aliphatic rings. The lowest BCUT2D eigenvalue weighted by Crippen LogP contribution is -2.26. The van der Waals surface area contributed by atoms with Crippen molar-refractivity contribution in [1.29, 1.82) is 0 Å². The Morgan fingerprint density at radius 2 is 2.06 bits per heavy atom. The van der Waals surface area contributed by atoms with Crippen molar-refractivity contribution in [1.82, 2.24) is 0 Å². The summed E-state index contributed by atoms with van der Waals surface area (Å²) in [5, 5.41) is 8.94. The third-order valence-corrected chi connectivity index (χ3v) is 4.49. The van der Waals surface area contributed by atoms with E-state index >= 15 is 0 Å². The Bertz CT molecular complexity index is 415. The minimum atomic E-state index is -1.01. The van der Waals surface area contributed by atoms with Gasteiger partial charge < -0.3 is 5.11 Å². The number of ketones is 1. The lowest BCUT2D eigenvalue weighted by Gasteiger charge is -2.16. The van der Waals surface area contributed by atoms with Gasteiger partial charge in [0.2, 0.25) is 0 Å². The van der Waals surface area contributed by atoms with Crippen LogP contribution in [-0.2, 0) is 4.79 Å².